The second-order valence-electron chi connectivity index (χ2n) is 5.90. The molecule has 1 saturated heterocycles. The lowest BCUT2D eigenvalue weighted by Gasteiger charge is -2.34. The molecule has 0 aromatic carbocycles. The predicted octanol–water partition coefficient (Wildman–Crippen LogP) is 3.12. The second-order valence-corrected chi connectivity index (χ2v) is 7.65. The van der Waals surface area contributed by atoms with Gasteiger partial charge in [-0.1, -0.05) is 24.4 Å². The Balaban J connectivity index is 1.90. The summed E-state index contributed by atoms with van der Waals surface area (Å²) in [4.78, 5) is 27.9. The summed E-state index contributed by atoms with van der Waals surface area (Å²) in [7, 11) is 0. The quantitative estimate of drug-likeness (QED) is 0.907. The van der Waals surface area contributed by atoms with Crippen LogP contribution in [0.2, 0.25) is 4.34 Å². The molecule has 4 nitrogen and oxygen atoms in total. The molecule has 1 aliphatic carbocycles. The number of carbonyl (C=O) groups excluding carboxylic acids is 2. The van der Waals surface area contributed by atoms with Crippen LogP contribution in [0.5, 0.6) is 0 Å². The number of hydrogen-bond acceptors (Lipinski definition) is 3. The first kappa shape index (κ1) is 14.9. The van der Waals surface area contributed by atoms with Crippen LogP contribution < -0.4 is 5.32 Å². The van der Waals surface area contributed by atoms with Crippen molar-refractivity contribution in [1.82, 2.24) is 10.2 Å². The Kier molecular flexibility index (Phi) is 3.97. The van der Waals surface area contributed by atoms with Gasteiger partial charge in [-0.25, -0.2) is 0 Å². The van der Waals surface area contributed by atoms with E-state index in [1.165, 1.54) is 11.3 Å². The van der Waals surface area contributed by atoms with Crippen molar-refractivity contribution in [3.8, 4) is 0 Å². The number of hydrogen-bond donors (Lipinski definition) is 1. The smallest absolute Gasteiger partial charge is 0.248 e. The van der Waals surface area contributed by atoms with E-state index in [-0.39, 0.29) is 17.9 Å². The molecule has 1 unspecified atom stereocenters. The third-order valence-electron chi connectivity index (χ3n) is 4.56. The van der Waals surface area contributed by atoms with Crippen LogP contribution in [0.4, 0.5) is 0 Å². The van der Waals surface area contributed by atoms with Gasteiger partial charge in [0.25, 0.3) is 0 Å². The average Bonchev–Trinajstić information content (AvgIpc) is 3.05. The van der Waals surface area contributed by atoms with Gasteiger partial charge in [0.15, 0.2) is 0 Å². The number of thiophene rings is 1. The summed E-state index contributed by atoms with van der Waals surface area (Å²) in [6.45, 7) is 2.49. The number of halogens is 1. The van der Waals surface area contributed by atoms with E-state index >= 15 is 0 Å². The monoisotopic (exact) mass is 326 g/mol. The maximum Gasteiger partial charge on any atom is 0.248 e. The van der Waals surface area contributed by atoms with Crippen LogP contribution in [0.15, 0.2) is 12.1 Å². The van der Waals surface area contributed by atoms with Crippen molar-refractivity contribution in [3.63, 3.8) is 0 Å². The van der Waals surface area contributed by atoms with Gasteiger partial charge in [0.2, 0.25) is 11.8 Å². The van der Waals surface area contributed by atoms with E-state index in [0.717, 1.165) is 34.9 Å². The summed E-state index contributed by atoms with van der Waals surface area (Å²) in [5.74, 6) is 0.0621. The van der Waals surface area contributed by atoms with Gasteiger partial charge in [-0.3, -0.25) is 9.59 Å². The van der Waals surface area contributed by atoms with E-state index in [1.807, 2.05) is 24.0 Å². The molecule has 1 N–H and O–H groups in total. The number of rotatable bonds is 2. The van der Waals surface area contributed by atoms with Crippen molar-refractivity contribution >= 4 is 34.8 Å². The van der Waals surface area contributed by atoms with E-state index in [2.05, 4.69) is 5.32 Å². The lowest BCUT2D eigenvalue weighted by molar-refractivity contribution is -0.140. The van der Waals surface area contributed by atoms with Crippen LogP contribution in [0, 0.1) is 0 Å². The molecule has 1 aromatic rings. The summed E-state index contributed by atoms with van der Waals surface area (Å²) in [5, 5.41) is 2.99. The first-order valence-electron chi connectivity index (χ1n) is 7.39. The van der Waals surface area contributed by atoms with Crippen molar-refractivity contribution in [1.29, 1.82) is 0 Å². The molecule has 2 amide bonds. The third kappa shape index (κ3) is 2.69. The summed E-state index contributed by atoms with van der Waals surface area (Å²) in [6, 6.07) is 3.78. The van der Waals surface area contributed by atoms with E-state index in [4.69, 9.17) is 11.6 Å². The highest BCUT2D eigenvalue weighted by molar-refractivity contribution is 7.16. The number of nitrogens with zero attached hydrogens (tertiary/aromatic N) is 1. The Morgan fingerprint density at radius 2 is 2.05 bits per heavy atom. The van der Waals surface area contributed by atoms with E-state index < -0.39 is 5.54 Å². The average molecular weight is 327 g/mol. The van der Waals surface area contributed by atoms with Crippen molar-refractivity contribution in [2.45, 2.75) is 50.6 Å². The summed E-state index contributed by atoms with van der Waals surface area (Å²) in [5.41, 5.74) is -0.664. The summed E-state index contributed by atoms with van der Waals surface area (Å²) in [6.07, 6.45) is 3.88. The van der Waals surface area contributed by atoms with Gasteiger partial charge in [0.05, 0.1) is 10.4 Å². The largest absolute Gasteiger partial charge is 0.342 e. The van der Waals surface area contributed by atoms with Gasteiger partial charge in [0.1, 0.15) is 5.54 Å². The Morgan fingerprint density at radius 3 is 2.67 bits per heavy atom. The molecule has 6 heteroatoms. The third-order valence-corrected chi connectivity index (χ3v) is 5.96. The molecular formula is C15H19ClN2O2S. The van der Waals surface area contributed by atoms with Crippen molar-refractivity contribution < 1.29 is 9.59 Å². The Labute approximate surface area is 133 Å². The number of carbonyl (C=O) groups is 2. The molecule has 114 valence electrons. The molecule has 1 spiro atoms. The summed E-state index contributed by atoms with van der Waals surface area (Å²) >= 11 is 7.50. The Bertz CT molecular complexity index is 566. The Morgan fingerprint density at radius 1 is 1.33 bits per heavy atom. The van der Waals surface area contributed by atoms with Gasteiger partial charge >= 0.3 is 0 Å². The minimum absolute atomic E-state index is 0.0100. The van der Waals surface area contributed by atoms with Crippen LogP contribution in [-0.2, 0) is 9.59 Å². The van der Waals surface area contributed by atoms with E-state index in [0.29, 0.717) is 13.0 Å². The first-order chi connectivity index (χ1) is 10.0. The number of nitrogens with one attached hydrogen (secondary N) is 1. The van der Waals surface area contributed by atoms with Crippen LogP contribution in [0.25, 0.3) is 0 Å². The molecule has 2 aliphatic rings. The molecule has 0 bridgehead atoms. The first-order valence-corrected chi connectivity index (χ1v) is 8.59. The topological polar surface area (TPSA) is 49.4 Å². The SMILES string of the molecule is CC(c1ccc(Cl)s1)N1CCC(=O)NC2(CCCC2)C1=O. The highest BCUT2D eigenvalue weighted by Crippen LogP contribution is 2.37. The minimum atomic E-state index is -0.664. The van der Waals surface area contributed by atoms with Gasteiger partial charge in [-0.2, -0.15) is 0 Å². The highest BCUT2D eigenvalue weighted by Gasteiger charge is 2.47. The van der Waals surface area contributed by atoms with Gasteiger partial charge in [-0.15, -0.1) is 11.3 Å². The van der Waals surface area contributed by atoms with E-state index in [1.54, 1.807) is 0 Å². The molecular weight excluding hydrogens is 308 g/mol. The molecule has 2 heterocycles. The maximum absolute atomic E-state index is 13.0. The lowest BCUT2D eigenvalue weighted by atomic mass is 9.95. The molecule has 1 aliphatic heterocycles. The van der Waals surface area contributed by atoms with Crippen LogP contribution in [-0.4, -0.2) is 28.8 Å². The number of amides is 2. The lowest BCUT2D eigenvalue weighted by Crippen LogP contribution is -2.55. The standard InChI is InChI=1S/C15H19ClN2O2S/c1-10(11-4-5-12(16)21-11)18-9-6-13(19)17-15(14(18)20)7-2-3-8-15/h4-5,10H,2-3,6-9H2,1H3,(H,17,19). The molecule has 21 heavy (non-hydrogen) atoms. The zero-order chi connectivity index (χ0) is 15.0. The van der Waals surface area contributed by atoms with Crippen LogP contribution in [0.3, 0.4) is 0 Å². The fourth-order valence-electron chi connectivity index (χ4n) is 3.37. The Hall–Kier alpha value is -1.07. The maximum atomic E-state index is 13.0. The minimum Gasteiger partial charge on any atom is -0.342 e. The van der Waals surface area contributed by atoms with Crippen LogP contribution in [0.1, 0.15) is 49.9 Å². The fraction of sp³-hybridized carbons (Fsp3) is 0.600. The van der Waals surface area contributed by atoms with E-state index in [9.17, 15) is 9.59 Å². The van der Waals surface area contributed by atoms with Gasteiger partial charge in [0, 0.05) is 17.8 Å². The van der Waals surface area contributed by atoms with Gasteiger partial charge in [-0.05, 0) is 31.9 Å². The van der Waals surface area contributed by atoms with Crippen molar-refractivity contribution in [2.75, 3.05) is 6.54 Å². The summed E-state index contributed by atoms with van der Waals surface area (Å²) < 4.78 is 0.726. The fourth-order valence-corrected chi connectivity index (χ4v) is 4.50. The molecule has 1 saturated carbocycles. The van der Waals surface area contributed by atoms with Crippen LogP contribution >= 0.6 is 22.9 Å². The molecule has 3 rings (SSSR count). The zero-order valence-electron chi connectivity index (χ0n) is 12.0. The van der Waals surface area contributed by atoms with Crippen molar-refractivity contribution in [3.05, 3.63) is 21.3 Å². The highest BCUT2D eigenvalue weighted by atomic mass is 35.5. The zero-order valence-corrected chi connectivity index (χ0v) is 13.6. The molecule has 0 radical (unpaired) electrons. The van der Waals surface area contributed by atoms with Crippen molar-refractivity contribution in [2.24, 2.45) is 0 Å². The second kappa shape index (κ2) is 5.61. The van der Waals surface area contributed by atoms with Gasteiger partial charge < -0.3 is 10.2 Å². The normalized spacial score (nSPS) is 23.2. The molecule has 1 aromatic heterocycles. The molecule has 2 fully saturated rings. The predicted molar refractivity (Wildman–Crippen MR) is 83.4 cm³/mol. The molecule has 1 atom stereocenters.